The number of urea groups is 1. The van der Waals surface area contributed by atoms with Crippen LogP contribution in [0.25, 0.3) is 0 Å². The molecule has 0 heterocycles. The van der Waals surface area contributed by atoms with Crippen LogP contribution in [0.3, 0.4) is 0 Å². The molecule has 0 saturated heterocycles. The summed E-state index contributed by atoms with van der Waals surface area (Å²) in [5.41, 5.74) is 0. The average molecular weight is 282 g/mol. The average Bonchev–Trinajstić information content (AvgIpc) is 3.24. The maximum atomic E-state index is 12.4. The van der Waals surface area contributed by atoms with Crippen molar-refractivity contribution >= 4 is 12.0 Å². The molecule has 0 spiro atoms. The number of amides is 2. The Morgan fingerprint density at radius 3 is 2.35 bits per heavy atom. The molecule has 5 nitrogen and oxygen atoms in total. The molecule has 0 radical (unpaired) electrons. The van der Waals surface area contributed by atoms with Gasteiger partial charge in [0.15, 0.2) is 0 Å². The van der Waals surface area contributed by atoms with Crippen molar-refractivity contribution < 1.29 is 14.7 Å². The quantitative estimate of drug-likeness (QED) is 0.786. The molecule has 0 aromatic carbocycles. The topological polar surface area (TPSA) is 69.6 Å². The van der Waals surface area contributed by atoms with Crippen molar-refractivity contribution in [3.05, 3.63) is 0 Å². The Morgan fingerprint density at radius 2 is 1.85 bits per heavy atom. The number of hydrogen-bond acceptors (Lipinski definition) is 2. The van der Waals surface area contributed by atoms with Crippen LogP contribution in [0, 0.1) is 5.92 Å². The lowest BCUT2D eigenvalue weighted by molar-refractivity contribution is -0.137. The number of rotatable bonds is 6. The molecule has 2 rings (SSSR count). The Labute approximate surface area is 120 Å². The van der Waals surface area contributed by atoms with Crippen LogP contribution in [0.15, 0.2) is 0 Å². The molecule has 2 amide bonds. The highest BCUT2D eigenvalue weighted by atomic mass is 16.4. The van der Waals surface area contributed by atoms with E-state index in [4.69, 9.17) is 5.11 Å². The third-order valence-corrected chi connectivity index (χ3v) is 4.51. The molecule has 0 aromatic heterocycles. The minimum Gasteiger partial charge on any atom is -0.481 e. The van der Waals surface area contributed by atoms with Crippen molar-refractivity contribution in [2.75, 3.05) is 6.54 Å². The first-order valence-electron chi connectivity index (χ1n) is 7.90. The van der Waals surface area contributed by atoms with Crippen LogP contribution in [-0.4, -0.2) is 40.6 Å². The molecular formula is C15H26N2O3. The standard InChI is InChI=1S/C15H26N2O3/c1-2-17(12-6-4-3-5-7-12)15(20)16-13(10-14(18)19)11-8-9-11/h11-13H,2-10H2,1H3,(H,16,20)(H,18,19). The van der Waals surface area contributed by atoms with Crippen LogP contribution in [-0.2, 0) is 4.79 Å². The van der Waals surface area contributed by atoms with Gasteiger partial charge in [0.2, 0.25) is 0 Å². The van der Waals surface area contributed by atoms with Gasteiger partial charge < -0.3 is 15.3 Å². The first kappa shape index (κ1) is 15.1. The van der Waals surface area contributed by atoms with E-state index in [1.807, 2.05) is 11.8 Å². The summed E-state index contributed by atoms with van der Waals surface area (Å²) >= 11 is 0. The second-order valence-corrected chi connectivity index (χ2v) is 6.07. The van der Waals surface area contributed by atoms with Crippen LogP contribution in [0.1, 0.15) is 58.3 Å². The predicted octanol–water partition coefficient (Wildman–Crippen LogP) is 2.60. The highest BCUT2D eigenvalue weighted by Gasteiger charge is 2.35. The van der Waals surface area contributed by atoms with E-state index in [-0.39, 0.29) is 18.5 Å². The summed E-state index contributed by atoms with van der Waals surface area (Å²) in [5, 5.41) is 11.9. The van der Waals surface area contributed by atoms with E-state index in [0.717, 1.165) is 25.7 Å². The summed E-state index contributed by atoms with van der Waals surface area (Å²) in [7, 11) is 0. The fourth-order valence-corrected chi connectivity index (χ4v) is 3.22. The lowest BCUT2D eigenvalue weighted by Gasteiger charge is -2.34. The van der Waals surface area contributed by atoms with Crippen LogP contribution in [0.5, 0.6) is 0 Å². The summed E-state index contributed by atoms with van der Waals surface area (Å²) in [6.45, 7) is 2.69. The van der Waals surface area contributed by atoms with Gasteiger partial charge in [0.1, 0.15) is 0 Å². The highest BCUT2D eigenvalue weighted by molar-refractivity contribution is 5.76. The normalized spacial score (nSPS) is 21.2. The molecule has 1 unspecified atom stereocenters. The number of carbonyl (C=O) groups is 2. The number of nitrogens with zero attached hydrogens (tertiary/aromatic N) is 1. The van der Waals surface area contributed by atoms with Gasteiger partial charge in [-0.25, -0.2) is 4.79 Å². The van der Waals surface area contributed by atoms with Gasteiger partial charge in [-0.05, 0) is 38.5 Å². The molecule has 0 aliphatic heterocycles. The Hall–Kier alpha value is -1.26. The molecule has 0 bridgehead atoms. The summed E-state index contributed by atoms with van der Waals surface area (Å²) in [4.78, 5) is 25.2. The summed E-state index contributed by atoms with van der Waals surface area (Å²) in [5.74, 6) is -0.469. The first-order chi connectivity index (χ1) is 9.61. The van der Waals surface area contributed by atoms with Crippen LogP contribution < -0.4 is 5.32 Å². The van der Waals surface area contributed by atoms with E-state index in [9.17, 15) is 9.59 Å². The van der Waals surface area contributed by atoms with Gasteiger partial charge in [0.25, 0.3) is 0 Å². The fourth-order valence-electron chi connectivity index (χ4n) is 3.22. The maximum Gasteiger partial charge on any atom is 0.317 e. The smallest absolute Gasteiger partial charge is 0.317 e. The highest BCUT2D eigenvalue weighted by Crippen LogP contribution is 2.34. The van der Waals surface area contributed by atoms with Crippen molar-refractivity contribution in [3.63, 3.8) is 0 Å². The van der Waals surface area contributed by atoms with Crippen LogP contribution in [0.4, 0.5) is 4.79 Å². The van der Waals surface area contributed by atoms with Gasteiger partial charge in [-0.15, -0.1) is 0 Å². The van der Waals surface area contributed by atoms with Gasteiger partial charge in [-0.3, -0.25) is 4.79 Å². The van der Waals surface area contributed by atoms with Gasteiger partial charge in [0.05, 0.1) is 6.42 Å². The molecule has 2 N–H and O–H groups in total. The molecule has 1 atom stereocenters. The lowest BCUT2D eigenvalue weighted by Crippen LogP contribution is -2.50. The van der Waals surface area contributed by atoms with Crippen molar-refractivity contribution in [2.24, 2.45) is 5.92 Å². The van der Waals surface area contributed by atoms with E-state index < -0.39 is 5.97 Å². The predicted molar refractivity (Wildman–Crippen MR) is 76.5 cm³/mol. The van der Waals surface area contributed by atoms with E-state index >= 15 is 0 Å². The zero-order valence-electron chi connectivity index (χ0n) is 12.3. The first-order valence-corrected chi connectivity index (χ1v) is 7.90. The van der Waals surface area contributed by atoms with Gasteiger partial charge >= 0.3 is 12.0 Å². The molecule has 2 fully saturated rings. The third kappa shape index (κ3) is 4.12. The third-order valence-electron chi connectivity index (χ3n) is 4.51. The number of carboxylic acids is 1. The molecule has 0 aromatic rings. The molecular weight excluding hydrogens is 256 g/mol. The number of carboxylic acid groups (broad SMARTS) is 1. The zero-order chi connectivity index (χ0) is 14.5. The summed E-state index contributed by atoms with van der Waals surface area (Å²) < 4.78 is 0. The molecule has 114 valence electrons. The summed E-state index contributed by atoms with van der Waals surface area (Å²) in [6.07, 6.45) is 7.91. The SMILES string of the molecule is CCN(C(=O)NC(CC(=O)O)C1CC1)C1CCCCC1. The fraction of sp³-hybridized carbons (Fsp3) is 0.867. The zero-order valence-corrected chi connectivity index (χ0v) is 12.3. The van der Waals surface area contributed by atoms with Crippen molar-refractivity contribution in [1.29, 1.82) is 0 Å². The second kappa shape index (κ2) is 6.95. The summed E-state index contributed by atoms with van der Waals surface area (Å²) in [6, 6.07) is 0.0635. The maximum absolute atomic E-state index is 12.4. The Bertz CT molecular complexity index is 349. The molecule has 2 aliphatic carbocycles. The molecule has 2 aliphatic rings. The molecule has 5 heteroatoms. The van der Waals surface area contributed by atoms with Crippen molar-refractivity contribution in [2.45, 2.75) is 70.4 Å². The molecule has 2 saturated carbocycles. The minimum absolute atomic E-state index is 0.0403. The Balaban J connectivity index is 1.91. The molecule has 20 heavy (non-hydrogen) atoms. The Morgan fingerprint density at radius 1 is 1.20 bits per heavy atom. The number of aliphatic carboxylic acids is 1. The van der Waals surface area contributed by atoms with E-state index in [2.05, 4.69) is 5.32 Å². The largest absolute Gasteiger partial charge is 0.481 e. The number of carbonyl (C=O) groups excluding carboxylic acids is 1. The van der Waals surface area contributed by atoms with Crippen molar-refractivity contribution in [3.8, 4) is 0 Å². The van der Waals surface area contributed by atoms with Gasteiger partial charge in [-0.2, -0.15) is 0 Å². The monoisotopic (exact) mass is 282 g/mol. The van der Waals surface area contributed by atoms with E-state index in [0.29, 0.717) is 18.5 Å². The van der Waals surface area contributed by atoms with E-state index in [1.165, 1.54) is 19.3 Å². The Kier molecular flexibility index (Phi) is 5.26. The van der Waals surface area contributed by atoms with Crippen molar-refractivity contribution in [1.82, 2.24) is 10.2 Å². The number of hydrogen-bond donors (Lipinski definition) is 2. The van der Waals surface area contributed by atoms with Gasteiger partial charge in [0, 0.05) is 18.6 Å². The van der Waals surface area contributed by atoms with Gasteiger partial charge in [-0.1, -0.05) is 19.3 Å². The second-order valence-electron chi connectivity index (χ2n) is 6.07. The minimum atomic E-state index is -0.831. The lowest BCUT2D eigenvalue weighted by atomic mass is 9.94. The van der Waals surface area contributed by atoms with Crippen LogP contribution in [0.2, 0.25) is 0 Å². The van der Waals surface area contributed by atoms with E-state index in [1.54, 1.807) is 0 Å². The van der Waals surface area contributed by atoms with Crippen LogP contribution >= 0.6 is 0 Å². The number of nitrogens with one attached hydrogen (secondary N) is 1.